The van der Waals surface area contributed by atoms with Crippen LogP contribution in [0.2, 0.25) is 5.02 Å². The van der Waals surface area contributed by atoms with Crippen LogP contribution < -0.4 is 4.72 Å². The Morgan fingerprint density at radius 3 is 2.17 bits per heavy atom. The van der Waals surface area contributed by atoms with Crippen molar-refractivity contribution in [3.63, 3.8) is 0 Å². The molecule has 29 heavy (non-hydrogen) atoms. The van der Waals surface area contributed by atoms with Crippen molar-refractivity contribution in [3.8, 4) is 0 Å². The lowest BCUT2D eigenvalue weighted by Crippen LogP contribution is -2.28. The van der Waals surface area contributed by atoms with E-state index in [9.17, 15) is 17.6 Å². The Hall–Kier alpha value is -1.96. The maximum absolute atomic E-state index is 13.3. The Balaban J connectivity index is 2.01. The minimum absolute atomic E-state index is 0.114. The molecule has 1 unspecified atom stereocenters. The zero-order chi connectivity index (χ0) is 21.3. The third kappa shape index (κ3) is 8.12. The molecule has 2 aromatic rings. The van der Waals surface area contributed by atoms with Crippen LogP contribution in [0.4, 0.5) is 4.39 Å². The minimum Gasteiger partial charge on any atom is -0.481 e. The molecule has 0 saturated heterocycles. The number of hydrogen-bond donors (Lipinski definition) is 2. The summed E-state index contributed by atoms with van der Waals surface area (Å²) in [6, 6.07) is 11.2. The Kier molecular flexibility index (Phi) is 9.07. The minimum atomic E-state index is -3.76. The summed E-state index contributed by atoms with van der Waals surface area (Å²) in [5.41, 5.74) is 0.690. The molecule has 1 atom stereocenters. The molecule has 0 bridgehead atoms. The predicted octanol–water partition coefficient (Wildman–Crippen LogP) is 5.31. The second-order valence-corrected chi connectivity index (χ2v) is 9.03. The van der Waals surface area contributed by atoms with Crippen LogP contribution in [0.1, 0.15) is 56.6 Å². The van der Waals surface area contributed by atoms with E-state index in [0.717, 1.165) is 25.7 Å². The van der Waals surface area contributed by atoms with E-state index in [1.54, 1.807) is 12.1 Å². The van der Waals surface area contributed by atoms with Gasteiger partial charge in [0.15, 0.2) is 0 Å². The van der Waals surface area contributed by atoms with Crippen molar-refractivity contribution < 1.29 is 22.7 Å². The topological polar surface area (TPSA) is 83.5 Å². The van der Waals surface area contributed by atoms with Crippen LogP contribution in [0.15, 0.2) is 53.4 Å². The van der Waals surface area contributed by atoms with Crippen molar-refractivity contribution in [1.82, 2.24) is 4.72 Å². The first-order chi connectivity index (χ1) is 13.8. The van der Waals surface area contributed by atoms with Crippen LogP contribution >= 0.6 is 11.6 Å². The van der Waals surface area contributed by atoms with Gasteiger partial charge in [-0.3, -0.25) is 4.79 Å². The van der Waals surface area contributed by atoms with Crippen molar-refractivity contribution in [2.45, 2.75) is 55.9 Å². The average molecular weight is 442 g/mol. The number of carbonyl (C=O) groups is 1. The molecule has 0 fully saturated rings. The highest BCUT2D eigenvalue weighted by molar-refractivity contribution is 7.89. The molecule has 0 aliphatic rings. The maximum Gasteiger partial charge on any atom is 0.303 e. The van der Waals surface area contributed by atoms with Crippen LogP contribution in [0, 0.1) is 5.82 Å². The summed E-state index contributed by atoms with van der Waals surface area (Å²) >= 11 is 5.83. The maximum atomic E-state index is 13.3. The fourth-order valence-electron chi connectivity index (χ4n) is 3.01. The number of benzene rings is 2. The van der Waals surface area contributed by atoms with Gasteiger partial charge in [-0.2, -0.15) is 0 Å². The largest absolute Gasteiger partial charge is 0.481 e. The number of sulfonamides is 1. The quantitative estimate of drug-likeness (QED) is 0.437. The van der Waals surface area contributed by atoms with Crippen molar-refractivity contribution >= 4 is 27.6 Å². The number of hydrogen-bond acceptors (Lipinski definition) is 3. The smallest absolute Gasteiger partial charge is 0.303 e. The number of nitrogens with one attached hydrogen (secondary N) is 1. The number of aliphatic carboxylic acids is 1. The van der Waals surface area contributed by atoms with Gasteiger partial charge in [0.2, 0.25) is 10.0 Å². The molecule has 2 rings (SSSR count). The zero-order valence-electron chi connectivity index (χ0n) is 16.0. The molecule has 2 aromatic carbocycles. The van der Waals surface area contributed by atoms with E-state index in [0.29, 0.717) is 23.4 Å². The Labute approximate surface area is 176 Å². The van der Waals surface area contributed by atoms with E-state index in [1.165, 1.54) is 36.4 Å². The first-order valence-corrected chi connectivity index (χ1v) is 11.4. The highest BCUT2D eigenvalue weighted by atomic mass is 35.5. The molecule has 8 heteroatoms. The van der Waals surface area contributed by atoms with E-state index in [-0.39, 0.29) is 17.1 Å². The highest BCUT2D eigenvalue weighted by Gasteiger charge is 2.21. The molecular formula is C21H25ClFNO4S. The molecule has 0 heterocycles. The van der Waals surface area contributed by atoms with E-state index in [2.05, 4.69) is 4.72 Å². The third-order valence-corrected chi connectivity index (χ3v) is 6.32. The van der Waals surface area contributed by atoms with Crippen LogP contribution in [0.3, 0.4) is 0 Å². The van der Waals surface area contributed by atoms with Gasteiger partial charge in [-0.05, 0) is 54.8 Å². The molecule has 0 spiro atoms. The fourth-order valence-corrected chi connectivity index (χ4v) is 4.40. The van der Waals surface area contributed by atoms with Gasteiger partial charge in [0.25, 0.3) is 0 Å². The summed E-state index contributed by atoms with van der Waals surface area (Å²) in [6.07, 6.45) is 4.69. The summed E-state index contributed by atoms with van der Waals surface area (Å²) < 4.78 is 41.5. The summed E-state index contributed by atoms with van der Waals surface area (Å²) in [7, 11) is -3.76. The highest BCUT2D eigenvalue weighted by Crippen LogP contribution is 2.24. The lowest BCUT2D eigenvalue weighted by Gasteiger charge is -2.19. The molecule has 0 aromatic heterocycles. The normalized spacial score (nSPS) is 12.6. The van der Waals surface area contributed by atoms with Gasteiger partial charge in [0.05, 0.1) is 4.90 Å². The van der Waals surface area contributed by atoms with Crippen molar-refractivity contribution in [2.24, 2.45) is 0 Å². The number of halogens is 2. The molecule has 0 amide bonds. The molecule has 0 radical (unpaired) electrons. The van der Waals surface area contributed by atoms with Gasteiger partial charge >= 0.3 is 5.97 Å². The van der Waals surface area contributed by atoms with E-state index >= 15 is 0 Å². The molecular weight excluding hydrogens is 417 g/mol. The summed E-state index contributed by atoms with van der Waals surface area (Å²) in [5, 5.41) is 9.10. The zero-order valence-corrected chi connectivity index (χ0v) is 17.6. The van der Waals surface area contributed by atoms with Gasteiger partial charge in [-0.15, -0.1) is 0 Å². The molecule has 2 N–H and O–H groups in total. The number of carboxylic acids is 1. The van der Waals surface area contributed by atoms with Crippen LogP contribution in [-0.4, -0.2) is 19.5 Å². The Bertz CT molecular complexity index is 886. The van der Waals surface area contributed by atoms with Gasteiger partial charge < -0.3 is 5.11 Å². The summed E-state index contributed by atoms with van der Waals surface area (Å²) in [5.74, 6) is -1.18. The summed E-state index contributed by atoms with van der Waals surface area (Å²) in [4.78, 5) is 10.6. The predicted molar refractivity (Wildman–Crippen MR) is 111 cm³/mol. The number of unbranched alkanes of at least 4 members (excludes halogenated alkanes) is 4. The van der Waals surface area contributed by atoms with Gasteiger partial charge in [-0.1, -0.05) is 49.4 Å². The number of carboxylic acid groups (broad SMARTS) is 1. The van der Waals surface area contributed by atoms with Crippen LogP contribution in [-0.2, 0) is 14.8 Å². The molecule has 0 aliphatic carbocycles. The molecule has 158 valence electrons. The Morgan fingerprint density at radius 1 is 0.966 bits per heavy atom. The van der Waals surface area contributed by atoms with Crippen molar-refractivity contribution in [3.05, 3.63) is 64.9 Å². The van der Waals surface area contributed by atoms with Gasteiger partial charge in [-0.25, -0.2) is 17.5 Å². The third-order valence-electron chi connectivity index (χ3n) is 4.58. The van der Waals surface area contributed by atoms with E-state index in [4.69, 9.17) is 16.7 Å². The monoisotopic (exact) mass is 441 g/mol. The Morgan fingerprint density at radius 2 is 1.55 bits per heavy atom. The van der Waals surface area contributed by atoms with Crippen molar-refractivity contribution in [1.29, 1.82) is 0 Å². The van der Waals surface area contributed by atoms with E-state index < -0.39 is 22.0 Å². The van der Waals surface area contributed by atoms with Crippen molar-refractivity contribution in [2.75, 3.05) is 0 Å². The molecule has 5 nitrogen and oxygen atoms in total. The second-order valence-electron chi connectivity index (χ2n) is 6.88. The average Bonchev–Trinajstić information content (AvgIpc) is 2.67. The lowest BCUT2D eigenvalue weighted by atomic mass is 10.0. The lowest BCUT2D eigenvalue weighted by molar-refractivity contribution is -0.137. The molecule has 0 saturated carbocycles. The standard InChI is InChI=1S/C21H25ClFNO4S/c22-17-10-14-19(15-11-17)29(27,28)24-20(16-8-12-18(23)13-9-16)6-4-2-1-3-5-7-21(25)26/h8-15,20,24H,1-7H2,(H,25,26). The number of rotatable bonds is 12. The first-order valence-electron chi connectivity index (χ1n) is 9.53. The van der Waals surface area contributed by atoms with Gasteiger partial charge in [0, 0.05) is 17.5 Å². The first kappa shape index (κ1) is 23.3. The SMILES string of the molecule is O=C(O)CCCCCCCC(NS(=O)(=O)c1ccc(Cl)cc1)c1ccc(F)cc1. The van der Waals surface area contributed by atoms with Crippen LogP contribution in [0.5, 0.6) is 0 Å². The summed E-state index contributed by atoms with van der Waals surface area (Å²) in [6.45, 7) is 0. The fraction of sp³-hybridized carbons (Fsp3) is 0.381. The second kappa shape index (κ2) is 11.3. The molecule has 0 aliphatic heterocycles. The van der Waals surface area contributed by atoms with Gasteiger partial charge in [0.1, 0.15) is 5.82 Å². The van der Waals surface area contributed by atoms with Crippen LogP contribution in [0.25, 0.3) is 0 Å². The van der Waals surface area contributed by atoms with E-state index in [1.807, 2.05) is 0 Å².